The first-order valence-electron chi connectivity index (χ1n) is 9.05. The van der Waals surface area contributed by atoms with Crippen molar-refractivity contribution in [3.63, 3.8) is 0 Å². The Balaban J connectivity index is 1.57. The topological polar surface area (TPSA) is 49.4 Å². The molecule has 1 aliphatic heterocycles. The van der Waals surface area contributed by atoms with Crippen molar-refractivity contribution in [2.45, 2.75) is 32.1 Å². The Kier molecular flexibility index (Phi) is 6.29. The van der Waals surface area contributed by atoms with Crippen molar-refractivity contribution in [1.29, 1.82) is 0 Å². The van der Waals surface area contributed by atoms with Gasteiger partial charge in [0.25, 0.3) is 5.91 Å². The molecule has 2 aromatic carbocycles. The van der Waals surface area contributed by atoms with Gasteiger partial charge in [0.2, 0.25) is 5.91 Å². The summed E-state index contributed by atoms with van der Waals surface area (Å²) in [4.78, 5) is 26.7. The van der Waals surface area contributed by atoms with Crippen LogP contribution in [0, 0.1) is 0 Å². The molecule has 4 nitrogen and oxygen atoms in total. The van der Waals surface area contributed by atoms with Gasteiger partial charge in [0.15, 0.2) is 0 Å². The number of halogens is 1. The van der Waals surface area contributed by atoms with E-state index in [1.807, 2.05) is 17.0 Å². The van der Waals surface area contributed by atoms with Gasteiger partial charge in [-0.3, -0.25) is 9.59 Å². The first-order valence-corrected chi connectivity index (χ1v) is 9.43. The van der Waals surface area contributed by atoms with Crippen LogP contribution in [-0.2, 0) is 11.2 Å². The summed E-state index contributed by atoms with van der Waals surface area (Å²) >= 11 is 5.85. The van der Waals surface area contributed by atoms with Crippen LogP contribution >= 0.6 is 11.6 Å². The maximum Gasteiger partial charge on any atom is 0.253 e. The summed E-state index contributed by atoms with van der Waals surface area (Å²) in [5.41, 5.74) is 2.26. The summed E-state index contributed by atoms with van der Waals surface area (Å²) in [6, 6.07) is 14.3. The summed E-state index contributed by atoms with van der Waals surface area (Å²) < 4.78 is 0. The second kappa shape index (κ2) is 8.86. The lowest BCUT2D eigenvalue weighted by Crippen LogP contribution is -2.31. The lowest BCUT2D eigenvalue weighted by atomic mass is 10.1. The number of hydrogen-bond donors (Lipinski definition) is 1. The van der Waals surface area contributed by atoms with Gasteiger partial charge in [0.05, 0.1) is 6.42 Å². The van der Waals surface area contributed by atoms with Gasteiger partial charge < -0.3 is 10.2 Å². The third kappa shape index (κ3) is 5.09. The number of hydrogen-bond acceptors (Lipinski definition) is 2. The van der Waals surface area contributed by atoms with E-state index in [1.54, 1.807) is 36.4 Å². The second-order valence-electron chi connectivity index (χ2n) is 6.64. The zero-order chi connectivity index (χ0) is 18.4. The van der Waals surface area contributed by atoms with E-state index >= 15 is 0 Å². The predicted octanol–water partition coefficient (Wildman–Crippen LogP) is 4.54. The number of rotatable bonds is 4. The molecule has 0 unspecified atom stereocenters. The van der Waals surface area contributed by atoms with Crippen molar-refractivity contribution >= 4 is 29.1 Å². The molecule has 2 amide bonds. The molecule has 3 rings (SSSR count). The highest BCUT2D eigenvalue weighted by Gasteiger charge is 2.17. The molecule has 0 aromatic heterocycles. The Labute approximate surface area is 159 Å². The zero-order valence-electron chi connectivity index (χ0n) is 14.7. The van der Waals surface area contributed by atoms with Crippen molar-refractivity contribution in [3.8, 4) is 0 Å². The van der Waals surface area contributed by atoms with Gasteiger partial charge in [0.1, 0.15) is 0 Å². The summed E-state index contributed by atoms with van der Waals surface area (Å²) in [7, 11) is 0. The first-order chi connectivity index (χ1) is 12.6. The molecule has 26 heavy (non-hydrogen) atoms. The maximum atomic E-state index is 12.6. The molecule has 1 fully saturated rings. The van der Waals surface area contributed by atoms with E-state index in [0.29, 0.717) is 16.3 Å². The molecule has 5 heteroatoms. The monoisotopic (exact) mass is 370 g/mol. The predicted molar refractivity (Wildman–Crippen MR) is 105 cm³/mol. The number of amides is 2. The highest BCUT2D eigenvalue weighted by molar-refractivity contribution is 6.30. The van der Waals surface area contributed by atoms with Gasteiger partial charge in [0, 0.05) is 29.4 Å². The Morgan fingerprint density at radius 2 is 1.50 bits per heavy atom. The molecule has 1 N–H and O–H groups in total. The Hall–Kier alpha value is -2.33. The van der Waals surface area contributed by atoms with Crippen molar-refractivity contribution in [2.75, 3.05) is 18.4 Å². The van der Waals surface area contributed by atoms with E-state index in [0.717, 1.165) is 31.5 Å². The fourth-order valence-corrected chi connectivity index (χ4v) is 3.27. The van der Waals surface area contributed by atoms with Crippen molar-refractivity contribution in [2.24, 2.45) is 0 Å². The van der Waals surface area contributed by atoms with Crippen LogP contribution in [0.25, 0.3) is 0 Å². The summed E-state index contributed by atoms with van der Waals surface area (Å²) in [6.07, 6.45) is 4.82. The number of anilines is 1. The Morgan fingerprint density at radius 3 is 2.12 bits per heavy atom. The van der Waals surface area contributed by atoms with Gasteiger partial charge in [-0.05, 0) is 54.8 Å². The standard InChI is InChI=1S/C21H23ClN2O2/c22-18-9-5-16(6-10-18)15-20(25)23-19-11-7-17(8-12-19)21(26)24-13-3-1-2-4-14-24/h5-12H,1-4,13-15H2,(H,23,25). The molecule has 0 bridgehead atoms. The molecule has 2 aromatic rings. The minimum Gasteiger partial charge on any atom is -0.339 e. The van der Waals surface area contributed by atoms with E-state index in [-0.39, 0.29) is 18.2 Å². The lowest BCUT2D eigenvalue weighted by molar-refractivity contribution is -0.115. The zero-order valence-corrected chi connectivity index (χ0v) is 15.5. The van der Waals surface area contributed by atoms with Crippen molar-refractivity contribution in [3.05, 3.63) is 64.7 Å². The number of carbonyl (C=O) groups is 2. The third-order valence-corrected chi connectivity index (χ3v) is 4.84. The summed E-state index contributed by atoms with van der Waals surface area (Å²) in [5, 5.41) is 3.52. The van der Waals surface area contributed by atoms with Gasteiger partial charge in [-0.2, -0.15) is 0 Å². The van der Waals surface area contributed by atoms with E-state index in [9.17, 15) is 9.59 Å². The molecular weight excluding hydrogens is 348 g/mol. The van der Waals surface area contributed by atoms with Crippen LogP contribution in [0.4, 0.5) is 5.69 Å². The fraction of sp³-hybridized carbons (Fsp3) is 0.333. The van der Waals surface area contributed by atoms with Crippen LogP contribution in [0.15, 0.2) is 48.5 Å². The Morgan fingerprint density at radius 1 is 0.885 bits per heavy atom. The van der Waals surface area contributed by atoms with E-state index < -0.39 is 0 Å². The number of carbonyl (C=O) groups excluding carboxylic acids is 2. The van der Waals surface area contributed by atoms with Crippen LogP contribution in [0.5, 0.6) is 0 Å². The number of nitrogens with zero attached hydrogens (tertiary/aromatic N) is 1. The lowest BCUT2D eigenvalue weighted by Gasteiger charge is -2.20. The van der Waals surface area contributed by atoms with Gasteiger partial charge in [-0.15, -0.1) is 0 Å². The minimum atomic E-state index is -0.0982. The van der Waals surface area contributed by atoms with Crippen LogP contribution in [0.2, 0.25) is 5.02 Å². The minimum absolute atomic E-state index is 0.0749. The largest absolute Gasteiger partial charge is 0.339 e. The highest BCUT2D eigenvalue weighted by atomic mass is 35.5. The number of likely N-dealkylation sites (tertiary alicyclic amines) is 1. The molecule has 0 atom stereocenters. The normalized spacial score (nSPS) is 14.6. The number of nitrogens with one attached hydrogen (secondary N) is 1. The molecule has 0 aliphatic carbocycles. The quantitative estimate of drug-likeness (QED) is 0.859. The van der Waals surface area contributed by atoms with Gasteiger partial charge in [-0.25, -0.2) is 0 Å². The molecule has 0 saturated carbocycles. The molecule has 136 valence electrons. The average Bonchev–Trinajstić information content (AvgIpc) is 2.93. The number of benzene rings is 2. The van der Waals surface area contributed by atoms with Crippen molar-refractivity contribution < 1.29 is 9.59 Å². The van der Waals surface area contributed by atoms with Crippen LogP contribution in [0.3, 0.4) is 0 Å². The summed E-state index contributed by atoms with van der Waals surface area (Å²) in [6.45, 7) is 1.66. The average molecular weight is 371 g/mol. The van der Waals surface area contributed by atoms with E-state index in [1.165, 1.54) is 12.8 Å². The third-order valence-electron chi connectivity index (χ3n) is 4.59. The fourth-order valence-electron chi connectivity index (χ4n) is 3.15. The van der Waals surface area contributed by atoms with Crippen LogP contribution < -0.4 is 5.32 Å². The van der Waals surface area contributed by atoms with Gasteiger partial charge >= 0.3 is 0 Å². The van der Waals surface area contributed by atoms with Gasteiger partial charge in [-0.1, -0.05) is 36.6 Å². The molecular formula is C21H23ClN2O2. The van der Waals surface area contributed by atoms with E-state index in [4.69, 9.17) is 11.6 Å². The maximum absolute atomic E-state index is 12.6. The molecule has 1 aliphatic rings. The first kappa shape index (κ1) is 18.5. The summed E-state index contributed by atoms with van der Waals surface area (Å²) in [5.74, 6) is -0.0233. The molecule has 1 heterocycles. The highest BCUT2D eigenvalue weighted by Crippen LogP contribution is 2.16. The smallest absolute Gasteiger partial charge is 0.253 e. The van der Waals surface area contributed by atoms with Crippen molar-refractivity contribution in [1.82, 2.24) is 4.90 Å². The Bertz CT molecular complexity index is 749. The second-order valence-corrected chi connectivity index (χ2v) is 7.07. The molecule has 0 radical (unpaired) electrons. The van der Waals surface area contributed by atoms with Crippen LogP contribution in [0.1, 0.15) is 41.6 Å². The van der Waals surface area contributed by atoms with Crippen LogP contribution in [-0.4, -0.2) is 29.8 Å². The SMILES string of the molecule is O=C(Cc1ccc(Cl)cc1)Nc1ccc(C(=O)N2CCCCCC2)cc1. The molecule has 0 spiro atoms. The van der Waals surface area contributed by atoms with E-state index in [2.05, 4.69) is 5.32 Å². The molecule has 1 saturated heterocycles.